The van der Waals surface area contributed by atoms with E-state index in [9.17, 15) is 14.5 Å². The Labute approximate surface area is 121 Å². The number of rotatable bonds is 1. The molecule has 0 bridgehead atoms. The molecule has 0 N–H and O–H groups in total. The summed E-state index contributed by atoms with van der Waals surface area (Å²) in [6.07, 6.45) is 0. The number of nitrogens with zero attached hydrogens (tertiary/aromatic N) is 1. The van der Waals surface area contributed by atoms with Crippen LogP contribution in [0, 0.1) is 15.9 Å². The van der Waals surface area contributed by atoms with Crippen molar-refractivity contribution < 1.29 is 44.0 Å². The normalized spacial score (nSPS) is 8.33. The summed E-state index contributed by atoms with van der Waals surface area (Å²) in [7, 11) is 0.750. The van der Waals surface area contributed by atoms with Crippen molar-refractivity contribution in [2.75, 3.05) is 7.11 Å². The van der Waals surface area contributed by atoms with Crippen LogP contribution in [0.1, 0.15) is 0 Å². The van der Waals surface area contributed by atoms with Crippen molar-refractivity contribution in [3.8, 4) is 0 Å². The molecule has 0 saturated carbocycles. The third kappa shape index (κ3) is 5.24. The van der Waals surface area contributed by atoms with Gasteiger partial charge in [-0.2, -0.15) is 11.5 Å². The van der Waals surface area contributed by atoms with Crippen LogP contribution in [0.25, 0.3) is 0 Å². The summed E-state index contributed by atoms with van der Waals surface area (Å²) >= 11 is 8.45. The van der Waals surface area contributed by atoms with E-state index < -0.39 is 16.4 Å². The maximum Gasteiger partial charge on any atom is 1.00 e. The summed E-state index contributed by atoms with van der Waals surface area (Å²) in [5.74, 6) is -0.906. The Morgan fingerprint density at radius 1 is 1.47 bits per heavy atom. The maximum atomic E-state index is 12.8. The topological polar surface area (TPSA) is 66.2 Å². The molecule has 0 aromatic heterocycles. The van der Waals surface area contributed by atoms with Crippen molar-refractivity contribution in [3.05, 3.63) is 37.6 Å². The first kappa shape index (κ1) is 17.7. The van der Waals surface area contributed by atoms with Crippen LogP contribution in [0.2, 0.25) is 5.02 Å². The first-order valence-electron chi connectivity index (χ1n) is 3.22. The summed E-state index contributed by atoms with van der Waals surface area (Å²) in [5.41, 5.74) is -0.622. The minimum absolute atomic E-state index is 0. The Morgan fingerprint density at radius 2 is 1.93 bits per heavy atom. The van der Waals surface area contributed by atoms with Gasteiger partial charge in [0, 0.05) is 10.5 Å². The molecule has 1 rings (SSSR count). The molecule has 0 aliphatic carbocycles. The minimum atomic E-state index is -0.906. The van der Waals surface area contributed by atoms with Gasteiger partial charge in [0.2, 0.25) is 5.82 Å². The fourth-order valence-corrected chi connectivity index (χ4v) is 1.13. The molecule has 0 amide bonds. The van der Waals surface area contributed by atoms with Crippen LogP contribution in [0.5, 0.6) is 0 Å². The second kappa shape index (κ2) is 8.43. The van der Waals surface area contributed by atoms with Crippen LogP contribution in [-0.4, -0.2) is 12.0 Å². The number of hydrogen-bond acceptors (Lipinski definition) is 3. The van der Waals surface area contributed by atoms with Gasteiger partial charge >= 0.3 is 35.2 Å². The van der Waals surface area contributed by atoms with Crippen LogP contribution in [0.15, 0.2) is 16.6 Å². The number of benzene rings is 1. The van der Waals surface area contributed by atoms with E-state index in [4.69, 9.17) is 16.7 Å². The Bertz CT molecular complexity index is 353. The Kier molecular flexibility index (Phi) is 9.93. The molecule has 1 aromatic carbocycles. The molecule has 0 unspecified atom stereocenters. The van der Waals surface area contributed by atoms with Crippen molar-refractivity contribution in [2.45, 2.75) is 0 Å². The molecule has 0 radical (unpaired) electrons. The first-order chi connectivity index (χ1) is 6.52. The van der Waals surface area contributed by atoms with Gasteiger partial charge in [0.25, 0.3) is 0 Å². The third-order valence-corrected chi connectivity index (χ3v) is 2.38. The SMILES string of the molecule is C[O-].O=[N+]([O-])c1cc(Cl)c(Br)cc1F.[Na+]. The van der Waals surface area contributed by atoms with Crippen LogP contribution in [-0.2, 0) is 0 Å². The molecule has 8 heteroatoms. The summed E-state index contributed by atoms with van der Waals surface area (Å²) in [5, 5.41) is 18.5. The van der Waals surface area contributed by atoms with Crippen LogP contribution >= 0.6 is 27.5 Å². The van der Waals surface area contributed by atoms with E-state index in [1.807, 2.05) is 0 Å². The van der Waals surface area contributed by atoms with Crippen molar-refractivity contribution >= 4 is 33.2 Å². The van der Waals surface area contributed by atoms with Crippen LogP contribution < -0.4 is 34.7 Å². The molecule has 1 aromatic rings. The molecule has 0 spiro atoms. The average molecular weight is 308 g/mol. The summed E-state index contributed by atoms with van der Waals surface area (Å²) < 4.78 is 13.0. The molecule has 78 valence electrons. The van der Waals surface area contributed by atoms with E-state index in [2.05, 4.69) is 15.9 Å². The van der Waals surface area contributed by atoms with Crippen LogP contribution in [0.3, 0.4) is 0 Å². The molecule has 0 atom stereocenters. The zero-order chi connectivity index (χ0) is 11.3. The van der Waals surface area contributed by atoms with Gasteiger partial charge in [-0.05, 0) is 22.0 Å². The summed E-state index contributed by atoms with van der Waals surface area (Å²) in [6, 6.07) is 1.92. The number of hydrogen-bond donors (Lipinski definition) is 0. The Hall–Kier alpha value is 0.280. The van der Waals surface area contributed by atoms with Gasteiger partial charge in [0.1, 0.15) is 0 Å². The van der Waals surface area contributed by atoms with Crippen molar-refractivity contribution in [3.63, 3.8) is 0 Å². The molecule has 4 nitrogen and oxygen atoms in total. The van der Waals surface area contributed by atoms with Gasteiger partial charge in [-0.1, -0.05) is 11.6 Å². The van der Waals surface area contributed by atoms with Gasteiger partial charge in [0.05, 0.1) is 9.95 Å². The quantitative estimate of drug-likeness (QED) is 0.293. The van der Waals surface area contributed by atoms with Crippen molar-refractivity contribution in [2.24, 2.45) is 0 Å². The smallest absolute Gasteiger partial charge is 0.857 e. The molecule has 0 aliphatic rings. The monoisotopic (exact) mass is 307 g/mol. The predicted octanol–water partition coefficient (Wildman–Crippen LogP) is -0.870. The van der Waals surface area contributed by atoms with Crippen molar-refractivity contribution in [1.82, 2.24) is 0 Å². The number of nitro groups is 1. The largest absolute Gasteiger partial charge is 1.00 e. The fourth-order valence-electron chi connectivity index (χ4n) is 0.652. The van der Waals surface area contributed by atoms with Gasteiger partial charge in [0.15, 0.2) is 0 Å². The molecule has 0 heterocycles. The fraction of sp³-hybridized carbons (Fsp3) is 0.143. The molecular formula is C7H5BrClFNNaO3. The Morgan fingerprint density at radius 3 is 2.33 bits per heavy atom. The van der Waals surface area contributed by atoms with E-state index in [1.165, 1.54) is 0 Å². The number of nitro benzene ring substituents is 1. The van der Waals surface area contributed by atoms with E-state index >= 15 is 0 Å². The minimum Gasteiger partial charge on any atom is -0.857 e. The van der Waals surface area contributed by atoms with E-state index in [0.717, 1.165) is 19.2 Å². The van der Waals surface area contributed by atoms with Gasteiger partial charge in [-0.25, -0.2) is 0 Å². The van der Waals surface area contributed by atoms with Crippen LogP contribution in [0.4, 0.5) is 10.1 Å². The average Bonchev–Trinajstić information content (AvgIpc) is 2.14. The van der Waals surface area contributed by atoms with Crippen molar-refractivity contribution in [1.29, 1.82) is 0 Å². The van der Waals surface area contributed by atoms with E-state index in [0.29, 0.717) is 4.47 Å². The second-order valence-electron chi connectivity index (χ2n) is 1.97. The summed E-state index contributed by atoms with van der Waals surface area (Å²) in [4.78, 5) is 9.35. The predicted molar refractivity (Wildman–Crippen MR) is 51.7 cm³/mol. The zero-order valence-corrected chi connectivity index (χ0v) is 12.3. The molecule has 0 aliphatic heterocycles. The second-order valence-corrected chi connectivity index (χ2v) is 3.24. The molecule has 0 fully saturated rings. The third-order valence-electron chi connectivity index (χ3n) is 1.19. The molecular weight excluding hydrogens is 303 g/mol. The maximum absolute atomic E-state index is 12.8. The molecule has 0 saturated heterocycles. The van der Waals surface area contributed by atoms with Gasteiger partial charge in [-0.3, -0.25) is 10.1 Å². The molecule has 15 heavy (non-hydrogen) atoms. The zero-order valence-electron chi connectivity index (χ0n) is 7.96. The summed E-state index contributed by atoms with van der Waals surface area (Å²) in [6.45, 7) is 0. The first-order valence-corrected chi connectivity index (χ1v) is 4.39. The number of halogens is 3. The van der Waals surface area contributed by atoms with Gasteiger partial charge in [-0.15, -0.1) is 0 Å². The standard InChI is InChI=1S/C6H2BrClFNO2.CH3O.Na/c7-3-1-5(9)6(10(11)12)2-4(3)8;1-2;/h1-2H;1H3;/q;-1;+1. The van der Waals surface area contributed by atoms with E-state index in [-0.39, 0.29) is 34.6 Å². The van der Waals surface area contributed by atoms with E-state index in [1.54, 1.807) is 0 Å². The van der Waals surface area contributed by atoms with Gasteiger partial charge < -0.3 is 5.11 Å². The Balaban J connectivity index is 0.